The van der Waals surface area contributed by atoms with E-state index >= 15 is 0 Å². The topological polar surface area (TPSA) is 25.8 Å². The molecule has 1 aromatic carbocycles. The molecule has 86 valence electrons. The highest BCUT2D eigenvalue weighted by Gasteiger charge is 2.34. The third-order valence-electron chi connectivity index (χ3n) is 4.23. The molecule has 0 radical (unpaired) electrons. The average Bonchev–Trinajstić information content (AvgIpc) is 2.35. The molecule has 2 N–H and O–H groups in total. The van der Waals surface area contributed by atoms with Crippen molar-refractivity contribution in [3.63, 3.8) is 0 Å². The molecule has 2 aliphatic rings. The van der Waals surface area contributed by atoms with Gasteiger partial charge in [-0.25, -0.2) is 0 Å². The van der Waals surface area contributed by atoms with Crippen LogP contribution in [-0.4, -0.2) is 19.7 Å². The minimum absolute atomic E-state index is 0.827. The van der Waals surface area contributed by atoms with Crippen molar-refractivity contribution in [2.75, 3.05) is 13.7 Å². The van der Waals surface area contributed by atoms with Gasteiger partial charge in [0.25, 0.3) is 0 Å². The number of ether oxygens (including phenoxy) is 1. The molecular formula is C14H20NO+. The molecule has 1 heterocycles. The zero-order valence-corrected chi connectivity index (χ0v) is 9.91. The molecule has 0 aromatic heterocycles. The summed E-state index contributed by atoms with van der Waals surface area (Å²) >= 11 is 0. The highest BCUT2D eigenvalue weighted by atomic mass is 16.5. The van der Waals surface area contributed by atoms with Gasteiger partial charge in [0.2, 0.25) is 0 Å². The Bertz CT molecular complexity index is 388. The average molecular weight is 218 g/mol. The van der Waals surface area contributed by atoms with E-state index in [1.54, 1.807) is 7.11 Å². The molecule has 0 saturated carbocycles. The summed E-state index contributed by atoms with van der Waals surface area (Å²) in [6.07, 6.45) is 5.24. The van der Waals surface area contributed by atoms with Crippen molar-refractivity contribution in [3.8, 4) is 5.75 Å². The van der Waals surface area contributed by atoms with Crippen molar-refractivity contribution in [1.29, 1.82) is 0 Å². The van der Waals surface area contributed by atoms with Gasteiger partial charge in [0.1, 0.15) is 5.75 Å². The highest BCUT2D eigenvalue weighted by Crippen LogP contribution is 2.33. The number of fused-ring (bicyclic) bond motifs is 2. The fraction of sp³-hybridized carbons (Fsp3) is 0.571. The van der Waals surface area contributed by atoms with E-state index in [0.717, 1.165) is 17.7 Å². The van der Waals surface area contributed by atoms with Crippen LogP contribution in [-0.2, 0) is 12.8 Å². The monoisotopic (exact) mass is 218 g/mol. The van der Waals surface area contributed by atoms with Gasteiger partial charge < -0.3 is 10.1 Å². The van der Waals surface area contributed by atoms with E-state index in [-0.39, 0.29) is 0 Å². The maximum Gasteiger partial charge on any atom is 0.122 e. The van der Waals surface area contributed by atoms with Gasteiger partial charge in [-0.05, 0) is 36.5 Å². The summed E-state index contributed by atoms with van der Waals surface area (Å²) in [6, 6.07) is 7.33. The van der Waals surface area contributed by atoms with E-state index < -0.39 is 0 Å². The fourth-order valence-electron chi connectivity index (χ4n) is 3.36. The second-order valence-electron chi connectivity index (χ2n) is 5.10. The van der Waals surface area contributed by atoms with Crippen molar-refractivity contribution >= 4 is 0 Å². The number of quaternary nitrogens is 1. The number of rotatable bonds is 1. The predicted octanol–water partition coefficient (Wildman–Crippen LogP) is 1.14. The Hall–Kier alpha value is -1.02. The van der Waals surface area contributed by atoms with Crippen molar-refractivity contribution < 1.29 is 10.1 Å². The Morgan fingerprint density at radius 1 is 1.31 bits per heavy atom. The Morgan fingerprint density at radius 2 is 2.25 bits per heavy atom. The van der Waals surface area contributed by atoms with Crippen LogP contribution in [0.2, 0.25) is 0 Å². The molecular weight excluding hydrogens is 198 g/mol. The first-order chi connectivity index (χ1) is 7.88. The van der Waals surface area contributed by atoms with Gasteiger partial charge in [-0.3, -0.25) is 0 Å². The van der Waals surface area contributed by atoms with Crippen LogP contribution in [0.5, 0.6) is 5.75 Å². The molecule has 16 heavy (non-hydrogen) atoms. The summed E-state index contributed by atoms with van der Waals surface area (Å²) in [5.74, 6) is 1.97. The van der Waals surface area contributed by atoms with Crippen molar-refractivity contribution in [1.82, 2.24) is 0 Å². The number of nitrogens with two attached hydrogens (primary N) is 1. The number of piperidine rings is 1. The lowest BCUT2D eigenvalue weighted by Crippen LogP contribution is -2.94. The third kappa shape index (κ3) is 1.61. The summed E-state index contributed by atoms with van der Waals surface area (Å²) < 4.78 is 5.48. The van der Waals surface area contributed by atoms with E-state index in [1.165, 1.54) is 43.4 Å². The molecule has 2 nitrogen and oxygen atoms in total. The Balaban J connectivity index is 1.95. The quantitative estimate of drug-likeness (QED) is 0.751. The Labute approximate surface area is 97.0 Å². The lowest BCUT2D eigenvalue weighted by Gasteiger charge is -2.35. The van der Waals surface area contributed by atoms with Crippen LogP contribution in [0.3, 0.4) is 0 Å². The largest absolute Gasteiger partial charge is 0.496 e. The lowest BCUT2D eigenvalue weighted by atomic mass is 9.76. The van der Waals surface area contributed by atoms with E-state index in [0.29, 0.717) is 0 Å². The standard InChI is InChI=1S/C14H19NO/c1-16-14-6-2-4-10-9-13-11(8-12(10)14)5-3-7-15-13/h2,4,6,11,13,15H,3,5,7-9H2,1H3/p+1/t11-,13-/m0/s1. The molecule has 1 saturated heterocycles. The van der Waals surface area contributed by atoms with Gasteiger partial charge in [-0.2, -0.15) is 0 Å². The molecule has 0 unspecified atom stereocenters. The van der Waals surface area contributed by atoms with Crippen molar-refractivity contribution in [2.45, 2.75) is 31.7 Å². The summed E-state index contributed by atoms with van der Waals surface area (Å²) in [5.41, 5.74) is 2.99. The zero-order chi connectivity index (χ0) is 11.0. The van der Waals surface area contributed by atoms with Gasteiger partial charge in [-0.1, -0.05) is 12.1 Å². The second kappa shape index (κ2) is 4.10. The van der Waals surface area contributed by atoms with E-state index in [9.17, 15) is 0 Å². The second-order valence-corrected chi connectivity index (χ2v) is 5.10. The minimum Gasteiger partial charge on any atom is -0.496 e. The summed E-state index contributed by atoms with van der Waals surface area (Å²) in [6.45, 7) is 1.32. The highest BCUT2D eigenvalue weighted by molar-refractivity contribution is 5.42. The minimum atomic E-state index is 0.827. The van der Waals surface area contributed by atoms with Gasteiger partial charge in [-0.15, -0.1) is 0 Å². The Kier molecular flexibility index (Phi) is 2.60. The zero-order valence-electron chi connectivity index (χ0n) is 9.91. The van der Waals surface area contributed by atoms with Crippen LogP contribution in [0.4, 0.5) is 0 Å². The summed E-state index contributed by atoms with van der Waals surface area (Å²) in [4.78, 5) is 0. The van der Waals surface area contributed by atoms with Crippen LogP contribution in [0.1, 0.15) is 24.0 Å². The first-order valence-corrected chi connectivity index (χ1v) is 6.36. The number of benzene rings is 1. The molecule has 1 aliphatic heterocycles. The van der Waals surface area contributed by atoms with Gasteiger partial charge >= 0.3 is 0 Å². The normalized spacial score (nSPS) is 28.1. The van der Waals surface area contributed by atoms with Gasteiger partial charge in [0.05, 0.1) is 19.7 Å². The van der Waals surface area contributed by atoms with E-state index in [4.69, 9.17) is 4.74 Å². The Morgan fingerprint density at radius 3 is 3.12 bits per heavy atom. The first-order valence-electron chi connectivity index (χ1n) is 6.36. The van der Waals surface area contributed by atoms with Crippen molar-refractivity contribution in [2.24, 2.45) is 5.92 Å². The number of hydrogen-bond donors (Lipinski definition) is 1. The number of methoxy groups -OCH3 is 1. The molecule has 1 fully saturated rings. The van der Waals surface area contributed by atoms with Crippen LogP contribution >= 0.6 is 0 Å². The molecule has 1 aliphatic carbocycles. The van der Waals surface area contributed by atoms with Crippen LogP contribution in [0.15, 0.2) is 18.2 Å². The predicted molar refractivity (Wildman–Crippen MR) is 63.7 cm³/mol. The molecule has 1 aromatic rings. The molecule has 2 atom stereocenters. The molecule has 0 spiro atoms. The first kappa shape index (κ1) is 10.2. The van der Waals surface area contributed by atoms with Crippen LogP contribution in [0, 0.1) is 5.92 Å². The third-order valence-corrected chi connectivity index (χ3v) is 4.23. The summed E-state index contributed by atoms with van der Waals surface area (Å²) in [5, 5.41) is 2.55. The molecule has 0 amide bonds. The molecule has 3 rings (SSSR count). The maximum absolute atomic E-state index is 5.48. The SMILES string of the molecule is COc1cccc2c1C[C@@H]1CCC[NH2+][C@H]1C2. The van der Waals surface area contributed by atoms with Crippen molar-refractivity contribution in [3.05, 3.63) is 29.3 Å². The van der Waals surface area contributed by atoms with Crippen LogP contribution < -0.4 is 10.1 Å². The molecule has 2 heteroatoms. The van der Waals surface area contributed by atoms with Gasteiger partial charge in [0, 0.05) is 12.3 Å². The summed E-state index contributed by atoms with van der Waals surface area (Å²) in [7, 11) is 1.79. The van der Waals surface area contributed by atoms with Crippen LogP contribution in [0.25, 0.3) is 0 Å². The van der Waals surface area contributed by atoms with E-state index in [1.807, 2.05) is 0 Å². The fourth-order valence-corrected chi connectivity index (χ4v) is 3.36. The van der Waals surface area contributed by atoms with Gasteiger partial charge in [0.15, 0.2) is 0 Å². The number of hydrogen-bond acceptors (Lipinski definition) is 1. The molecule has 0 bridgehead atoms. The lowest BCUT2D eigenvalue weighted by molar-refractivity contribution is -0.705. The van der Waals surface area contributed by atoms with E-state index in [2.05, 4.69) is 23.5 Å². The maximum atomic E-state index is 5.48. The smallest absolute Gasteiger partial charge is 0.122 e.